The SMILES string of the molecule is COP(=O)(O)OP(=O)(OC)OP(=O)(O)On1ccc(N)nc1=O. The van der Waals surface area contributed by atoms with E-state index in [9.17, 15) is 23.4 Å². The van der Waals surface area contributed by atoms with Crippen LogP contribution in [0.25, 0.3) is 0 Å². The smallest absolute Gasteiger partial charge is 0.383 e. The number of nitrogens with two attached hydrogens (primary N) is 1. The highest BCUT2D eigenvalue weighted by Gasteiger charge is 2.44. The highest BCUT2D eigenvalue weighted by Crippen LogP contribution is 2.68. The van der Waals surface area contributed by atoms with E-state index in [-0.39, 0.29) is 10.5 Å². The molecular formula is C6H12N3O11P3. The van der Waals surface area contributed by atoms with Crippen molar-refractivity contribution in [2.75, 3.05) is 20.0 Å². The van der Waals surface area contributed by atoms with Gasteiger partial charge in [-0.05, 0) is 0 Å². The van der Waals surface area contributed by atoms with Gasteiger partial charge in [-0.2, -0.15) is 13.6 Å². The van der Waals surface area contributed by atoms with Crippen LogP contribution in [0.5, 0.6) is 0 Å². The first-order chi connectivity index (χ1) is 10.4. The molecule has 4 N–H and O–H groups in total. The van der Waals surface area contributed by atoms with E-state index in [0.29, 0.717) is 7.11 Å². The standard InChI is InChI=1S/C6H12N3O11P3/c1-16-21(11,12)19-23(15,17-2)20-22(13,14)18-9-4-3-5(7)8-6(9)10/h3-4H,1-2H3,(H,11,12)(H,13,14)(H2,7,8,10). The fourth-order valence-corrected chi connectivity index (χ4v) is 4.64. The normalized spacial score (nSPS) is 19.3. The van der Waals surface area contributed by atoms with Crippen LogP contribution < -0.4 is 16.0 Å². The van der Waals surface area contributed by atoms with Gasteiger partial charge in [-0.3, -0.25) is 13.9 Å². The van der Waals surface area contributed by atoms with E-state index >= 15 is 0 Å². The molecule has 14 nitrogen and oxygen atoms in total. The van der Waals surface area contributed by atoms with Gasteiger partial charge in [-0.1, -0.05) is 0 Å². The summed E-state index contributed by atoms with van der Waals surface area (Å²) in [6.07, 6.45) is 0.821. The highest BCUT2D eigenvalue weighted by atomic mass is 31.3. The molecule has 23 heavy (non-hydrogen) atoms. The van der Waals surface area contributed by atoms with Crippen molar-refractivity contribution < 1.29 is 45.8 Å². The number of aromatic nitrogens is 2. The van der Waals surface area contributed by atoms with Gasteiger partial charge in [0.05, 0.1) is 6.20 Å². The second-order valence-corrected chi connectivity index (χ2v) is 8.42. The van der Waals surface area contributed by atoms with Crippen LogP contribution in [0.15, 0.2) is 17.1 Å². The van der Waals surface area contributed by atoms with Gasteiger partial charge in [-0.15, -0.1) is 4.73 Å². The number of phosphoric acid groups is 3. The summed E-state index contributed by atoms with van der Waals surface area (Å²) in [4.78, 5) is 33.0. The fraction of sp³-hybridized carbons (Fsp3) is 0.333. The largest absolute Gasteiger partial charge is 0.555 e. The van der Waals surface area contributed by atoms with E-state index in [4.69, 9.17) is 10.6 Å². The Morgan fingerprint density at radius 2 is 1.70 bits per heavy atom. The van der Waals surface area contributed by atoms with Crippen molar-refractivity contribution in [2.24, 2.45) is 0 Å². The zero-order chi connectivity index (χ0) is 17.9. The summed E-state index contributed by atoms with van der Waals surface area (Å²) in [6.45, 7) is 0. The molecule has 3 unspecified atom stereocenters. The van der Waals surface area contributed by atoms with Gasteiger partial charge in [0.1, 0.15) is 5.82 Å². The minimum Gasteiger partial charge on any atom is -0.383 e. The summed E-state index contributed by atoms with van der Waals surface area (Å²) in [6, 6.07) is 1.04. The molecule has 1 aromatic heterocycles. The van der Waals surface area contributed by atoms with Gasteiger partial charge < -0.3 is 15.3 Å². The molecule has 0 aliphatic carbocycles. The molecule has 0 aliphatic heterocycles. The minimum absolute atomic E-state index is 0.145. The molecule has 0 spiro atoms. The molecule has 1 rings (SSSR count). The number of rotatable bonds is 8. The summed E-state index contributed by atoms with van der Waals surface area (Å²) < 4.78 is 55.4. The molecule has 0 saturated heterocycles. The van der Waals surface area contributed by atoms with Crippen molar-refractivity contribution in [3.63, 3.8) is 0 Å². The zero-order valence-corrected chi connectivity index (χ0v) is 14.2. The second-order valence-electron chi connectivity index (χ2n) is 3.46. The zero-order valence-electron chi connectivity index (χ0n) is 11.5. The van der Waals surface area contributed by atoms with Crippen LogP contribution in [0, 0.1) is 0 Å². The van der Waals surface area contributed by atoms with Crippen molar-refractivity contribution in [1.82, 2.24) is 9.71 Å². The van der Waals surface area contributed by atoms with Crippen molar-refractivity contribution in [3.8, 4) is 0 Å². The van der Waals surface area contributed by atoms with Crippen LogP contribution >= 0.6 is 23.5 Å². The Kier molecular flexibility index (Phi) is 6.27. The maximum absolute atomic E-state index is 11.9. The van der Waals surface area contributed by atoms with E-state index in [1.54, 1.807) is 0 Å². The maximum Gasteiger partial charge on any atom is 0.555 e. The van der Waals surface area contributed by atoms with Gasteiger partial charge in [0, 0.05) is 20.3 Å². The third kappa shape index (κ3) is 6.15. The number of hydrogen-bond donors (Lipinski definition) is 3. The quantitative estimate of drug-likeness (QED) is 0.493. The predicted octanol–water partition coefficient (Wildman–Crippen LogP) is -0.111. The third-order valence-corrected chi connectivity index (χ3v) is 6.39. The summed E-state index contributed by atoms with van der Waals surface area (Å²) in [7, 11) is -13.8. The molecule has 0 aromatic carbocycles. The van der Waals surface area contributed by atoms with E-state index in [1.807, 2.05) is 0 Å². The molecule has 0 bridgehead atoms. The molecule has 0 amide bonds. The van der Waals surface area contributed by atoms with Crippen LogP contribution in [-0.2, 0) is 31.4 Å². The fourth-order valence-electron chi connectivity index (χ4n) is 0.961. The minimum atomic E-state index is -5.31. The van der Waals surface area contributed by atoms with Gasteiger partial charge in [0.25, 0.3) is 0 Å². The molecule has 132 valence electrons. The van der Waals surface area contributed by atoms with Crippen LogP contribution in [-0.4, -0.2) is 33.7 Å². The Balaban J connectivity index is 2.99. The summed E-state index contributed by atoms with van der Waals surface area (Å²) in [5, 5.41) is 0. The molecule has 0 saturated carbocycles. The monoisotopic (exact) mass is 395 g/mol. The Morgan fingerprint density at radius 1 is 1.13 bits per heavy atom. The van der Waals surface area contributed by atoms with E-state index in [2.05, 4.69) is 27.3 Å². The lowest BCUT2D eigenvalue weighted by molar-refractivity contribution is 0.143. The number of phosphoric ester groups is 1. The summed E-state index contributed by atoms with van der Waals surface area (Å²) in [5.74, 6) is -0.198. The van der Waals surface area contributed by atoms with Crippen molar-refractivity contribution in [2.45, 2.75) is 0 Å². The van der Waals surface area contributed by atoms with Crippen LogP contribution in [0.3, 0.4) is 0 Å². The number of hydrogen-bond acceptors (Lipinski definition) is 11. The van der Waals surface area contributed by atoms with E-state index < -0.39 is 29.2 Å². The highest BCUT2D eigenvalue weighted by molar-refractivity contribution is 7.67. The lowest BCUT2D eigenvalue weighted by Gasteiger charge is -2.19. The van der Waals surface area contributed by atoms with Crippen molar-refractivity contribution >= 4 is 29.3 Å². The maximum atomic E-state index is 11.9. The van der Waals surface area contributed by atoms with Crippen LogP contribution in [0.4, 0.5) is 5.82 Å². The van der Waals surface area contributed by atoms with Crippen molar-refractivity contribution in [3.05, 3.63) is 22.7 Å². The van der Waals surface area contributed by atoms with Gasteiger partial charge in [0.15, 0.2) is 0 Å². The molecule has 0 fully saturated rings. The number of anilines is 1. The Bertz CT molecular complexity index is 762. The first kappa shape index (κ1) is 20.0. The van der Waals surface area contributed by atoms with Crippen LogP contribution in [0.1, 0.15) is 0 Å². The Hall–Kier alpha value is -1.07. The average molecular weight is 395 g/mol. The summed E-state index contributed by atoms with van der Waals surface area (Å²) >= 11 is 0. The molecular weight excluding hydrogens is 383 g/mol. The van der Waals surface area contributed by atoms with E-state index in [0.717, 1.165) is 19.4 Å². The average Bonchev–Trinajstić information content (AvgIpc) is 2.40. The lowest BCUT2D eigenvalue weighted by atomic mass is 10.6. The van der Waals surface area contributed by atoms with Crippen LogP contribution in [0.2, 0.25) is 0 Å². The van der Waals surface area contributed by atoms with Gasteiger partial charge in [0.2, 0.25) is 0 Å². The molecule has 1 aromatic rings. The summed E-state index contributed by atoms with van der Waals surface area (Å²) in [5.41, 5.74) is 4.01. The van der Waals surface area contributed by atoms with Crippen molar-refractivity contribution in [1.29, 1.82) is 0 Å². The van der Waals surface area contributed by atoms with Gasteiger partial charge >= 0.3 is 29.2 Å². The number of nitrogen functional groups attached to an aromatic ring is 1. The van der Waals surface area contributed by atoms with E-state index in [1.165, 1.54) is 0 Å². The molecule has 3 atom stereocenters. The Labute approximate surface area is 128 Å². The topological polar surface area (TPSA) is 199 Å². The third-order valence-electron chi connectivity index (χ3n) is 1.85. The predicted molar refractivity (Wildman–Crippen MR) is 72.9 cm³/mol. The molecule has 0 aliphatic rings. The first-order valence-electron chi connectivity index (χ1n) is 5.27. The molecule has 0 radical (unpaired) electrons. The van der Waals surface area contributed by atoms with Gasteiger partial charge in [-0.25, -0.2) is 18.5 Å². The number of nitrogens with zero attached hydrogens (tertiary/aromatic N) is 2. The first-order valence-corrected chi connectivity index (χ1v) is 9.72. The lowest BCUT2D eigenvalue weighted by Crippen LogP contribution is -2.28. The molecule has 1 heterocycles. The second kappa shape index (κ2) is 7.22. The molecule has 17 heteroatoms. The Morgan fingerprint density at radius 3 is 2.17 bits per heavy atom.